The van der Waals surface area contributed by atoms with Crippen LogP contribution in [-0.2, 0) is 0 Å². The molecular weight excluding hydrogens is 442 g/mol. The molecule has 0 saturated heterocycles. The van der Waals surface area contributed by atoms with E-state index in [1.807, 2.05) is 54.6 Å². The number of allylic oxidation sites excluding steroid dienone is 8. The summed E-state index contributed by atoms with van der Waals surface area (Å²) in [5.41, 5.74) is 11.7. The van der Waals surface area contributed by atoms with Crippen molar-refractivity contribution in [2.45, 2.75) is 6.42 Å². The van der Waals surface area contributed by atoms with Gasteiger partial charge in [-0.25, -0.2) is 0 Å². The Morgan fingerprint density at radius 3 is 1.81 bits per heavy atom. The fourth-order valence-corrected chi connectivity index (χ4v) is 4.04. The molecule has 2 aliphatic rings. The lowest BCUT2D eigenvalue weighted by molar-refractivity contribution is 1.34. The average Bonchev–Trinajstić information content (AvgIpc) is 3.09. The second kappa shape index (κ2) is 10.2. The molecule has 3 aromatic carbocycles. The van der Waals surface area contributed by atoms with Crippen LogP contribution in [0.2, 0.25) is 0 Å². The Labute approximate surface area is 210 Å². The highest BCUT2D eigenvalue weighted by Gasteiger charge is 2.12. The first-order valence-electron chi connectivity index (χ1n) is 11.7. The van der Waals surface area contributed by atoms with Crippen molar-refractivity contribution >= 4 is 39.7 Å². The number of anilines is 1. The van der Waals surface area contributed by atoms with E-state index in [-0.39, 0.29) is 5.71 Å². The summed E-state index contributed by atoms with van der Waals surface area (Å²) in [5.74, 6) is 0. The first kappa shape index (κ1) is 22.9. The first-order chi connectivity index (χ1) is 17.6. The van der Waals surface area contributed by atoms with Gasteiger partial charge in [-0.2, -0.15) is 5.10 Å². The summed E-state index contributed by atoms with van der Waals surface area (Å²) >= 11 is 0. The minimum absolute atomic E-state index is 0.264. The normalized spacial score (nSPS) is 16.6. The highest BCUT2D eigenvalue weighted by Crippen LogP contribution is 2.27. The van der Waals surface area contributed by atoms with Gasteiger partial charge in [-0.15, -0.1) is 0 Å². The molecule has 0 fully saturated rings. The van der Waals surface area contributed by atoms with Gasteiger partial charge in [0.1, 0.15) is 5.71 Å². The summed E-state index contributed by atoms with van der Waals surface area (Å²) in [7, 11) is 0. The molecule has 0 spiro atoms. The Morgan fingerprint density at radius 1 is 0.583 bits per heavy atom. The van der Waals surface area contributed by atoms with Gasteiger partial charge in [0, 0.05) is 6.42 Å². The maximum atomic E-state index is 8.20. The third-order valence-electron chi connectivity index (χ3n) is 6.09. The van der Waals surface area contributed by atoms with Gasteiger partial charge in [-0.05, 0) is 63.8 Å². The van der Waals surface area contributed by atoms with Gasteiger partial charge in [0.25, 0.3) is 0 Å². The molecule has 0 saturated carbocycles. The van der Waals surface area contributed by atoms with Gasteiger partial charge in [-0.3, -0.25) is 16.2 Å². The summed E-state index contributed by atoms with van der Waals surface area (Å²) in [6, 6.07) is 26.3. The molecule has 174 valence electrons. The SMILES string of the molecule is N=C1C=C(c2ccc(-c3ccc(C4=C/C(=N/Nc5ccccc5)C(=N)C=C4)cc3)cc2)C=CCC1=N. The van der Waals surface area contributed by atoms with Crippen molar-refractivity contribution < 1.29 is 0 Å². The number of nitrogens with zero attached hydrogens (tertiary/aromatic N) is 1. The molecule has 36 heavy (non-hydrogen) atoms. The Bertz CT molecular complexity index is 1480. The molecule has 0 unspecified atom stereocenters. The van der Waals surface area contributed by atoms with Crippen LogP contribution in [0.15, 0.2) is 120 Å². The van der Waals surface area contributed by atoms with E-state index in [0.717, 1.165) is 39.1 Å². The zero-order valence-electron chi connectivity index (χ0n) is 19.6. The number of para-hydroxylation sites is 1. The molecular formula is C31H25N5. The molecule has 0 radical (unpaired) electrons. The quantitative estimate of drug-likeness (QED) is 0.232. The Balaban J connectivity index is 1.33. The first-order valence-corrected chi connectivity index (χ1v) is 11.7. The lowest BCUT2D eigenvalue weighted by atomic mass is 9.95. The lowest BCUT2D eigenvalue weighted by Crippen LogP contribution is -2.13. The van der Waals surface area contributed by atoms with Crippen molar-refractivity contribution in [2.24, 2.45) is 5.10 Å². The van der Waals surface area contributed by atoms with E-state index in [4.69, 9.17) is 16.2 Å². The van der Waals surface area contributed by atoms with Gasteiger partial charge in [-0.1, -0.05) is 85.0 Å². The van der Waals surface area contributed by atoms with E-state index in [2.05, 4.69) is 59.1 Å². The second-order valence-corrected chi connectivity index (χ2v) is 8.57. The van der Waals surface area contributed by atoms with E-state index in [9.17, 15) is 0 Å². The average molecular weight is 468 g/mol. The smallest absolute Gasteiger partial charge is 0.109 e. The third kappa shape index (κ3) is 5.10. The summed E-state index contributed by atoms with van der Waals surface area (Å²) in [6.45, 7) is 0. The van der Waals surface area contributed by atoms with E-state index >= 15 is 0 Å². The van der Waals surface area contributed by atoms with Crippen molar-refractivity contribution in [1.82, 2.24) is 0 Å². The van der Waals surface area contributed by atoms with Crippen LogP contribution in [0.25, 0.3) is 22.3 Å². The highest BCUT2D eigenvalue weighted by atomic mass is 15.3. The van der Waals surface area contributed by atoms with Crippen LogP contribution in [0.4, 0.5) is 5.69 Å². The van der Waals surface area contributed by atoms with E-state index in [1.165, 1.54) is 0 Å². The highest BCUT2D eigenvalue weighted by molar-refractivity contribution is 6.51. The summed E-state index contributed by atoms with van der Waals surface area (Å²) in [5, 5.41) is 28.5. The molecule has 3 aromatic rings. The number of rotatable bonds is 5. The zero-order chi connectivity index (χ0) is 24.9. The van der Waals surface area contributed by atoms with Crippen LogP contribution in [0, 0.1) is 16.2 Å². The van der Waals surface area contributed by atoms with E-state index in [0.29, 0.717) is 23.6 Å². The predicted octanol–water partition coefficient (Wildman–Crippen LogP) is 7.18. The van der Waals surface area contributed by atoms with Gasteiger partial charge in [0.05, 0.1) is 22.8 Å². The number of hydrogen-bond donors (Lipinski definition) is 4. The van der Waals surface area contributed by atoms with Crippen LogP contribution in [0.1, 0.15) is 17.5 Å². The molecule has 0 aliphatic heterocycles. The number of benzene rings is 3. The van der Waals surface area contributed by atoms with Crippen molar-refractivity contribution in [3.8, 4) is 11.1 Å². The van der Waals surface area contributed by atoms with Gasteiger partial charge >= 0.3 is 0 Å². The topological polar surface area (TPSA) is 95.9 Å². The summed E-state index contributed by atoms with van der Waals surface area (Å²) in [4.78, 5) is 0. The monoisotopic (exact) mass is 467 g/mol. The maximum Gasteiger partial charge on any atom is 0.109 e. The molecule has 0 atom stereocenters. The van der Waals surface area contributed by atoms with E-state index < -0.39 is 0 Å². The largest absolute Gasteiger partial charge is 0.303 e. The van der Waals surface area contributed by atoms with Crippen molar-refractivity contribution in [3.05, 3.63) is 126 Å². The van der Waals surface area contributed by atoms with Gasteiger partial charge in [0.15, 0.2) is 0 Å². The van der Waals surface area contributed by atoms with Gasteiger partial charge in [0.2, 0.25) is 0 Å². The molecule has 0 bridgehead atoms. The second-order valence-electron chi connectivity index (χ2n) is 8.57. The number of nitrogens with one attached hydrogen (secondary N) is 4. The molecule has 4 N–H and O–H groups in total. The number of hydrogen-bond acceptors (Lipinski definition) is 5. The standard InChI is InChI=1S/C31H25N5/c32-28-8-4-5-25(19-30(28)34)23-13-9-21(10-14-23)22-11-15-24(16-12-22)26-17-18-29(33)31(20-26)36-35-27-6-2-1-3-7-27/h1-7,9-20,32-35H,8H2/b32-28?,33-29?,34-30?,36-31-. The summed E-state index contributed by atoms with van der Waals surface area (Å²) in [6.07, 6.45) is 11.8. The van der Waals surface area contributed by atoms with Crippen LogP contribution < -0.4 is 5.43 Å². The minimum Gasteiger partial charge on any atom is -0.303 e. The van der Waals surface area contributed by atoms with Crippen molar-refractivity contribution in [3.63, 3.8) is 0 Å². The minimum atomic E-state index is 0.264. The summed E-state index contributed by atoms with van der Waals surface area (Å²) < 4.78 is 0. The van der Waals surface area contributed by atoms with Crippen molar-refractivity contribution in [1.29, 1.82) is 16.2 Å². The third-order valence-corrected chi connectivity index (χ3v) is 6.09. The predicted molar refractivity (Wildman–Crippen MR) is 151 cm³/mol. The molecule has 5 heteroatoms. The maximum absolute atomic E-state index is 8.20. The molecule has 0 aromatic heterocycles. The number of hydrazone groups is 1. The Kier molecular flexibility index (Phi) is 6.45. The lowest BCUT2D eigenvalue weighted by Gasteiger charge is -2.12. The fraction of sp³-hybridized carbons (Fsp3) is 0.0323. The molecule has 5 rings (SSSR count). The van der Waals surface area contributed by atoms with E-state index in [1.54, 1.807) is 12.2 Å². The van der Waals surface area contributed by atoms with Crippen LogP contribution in [-0.4, -0.2) is 22.8 Å². The van der Waals surface area contributed by atoms with Crippen LogP contribution >= 0.6 is 0 Å². The fourth-order valence-electron chi connectivity index (χ4n) is 4.04. The van der Waals surface area contributed by atoms with Crippen LogP contribution in [0.5, 0.6) is 0 Å². The Hall–Kier alpha value is -4.90. The van der Waals surface area contributed by atoms with Crippen LogP contribution in [0.3, 0.4) is 0 Å². The Morgan fingerprint density at radius 2 is 1.17 bits per heavy atom. The van der Waals surface area contributed by atoms with Gasteiger partial charge < -0.3 is 5.41 Å². The molecule has 0 heterocycles. The molecule has 2 aliphatic carbocycles. The van der Waals surface area contributed by atoms with Crippen molar-refractivity contribution in [2.75, 3.05) is 5.43 Å². The zero-order valence-corrected chi connectivity index (χ0v) is 19.6. The molecule has 5 nitrogen and oxygen atoms in total. The molecule has 0 amide bonds.